The van der Waals surface area contributed by atoms with Gasteiger partial charge in [0, 0.05) is 18.9 Å². The Morgan fingerprint density at radius 1 is 1.50 bits per heavy atom. The molecule has 1 saturated heterocycles. The highest BCUT2D eigenvalue weighted by Gasteiger charge is 2.27. The molecule has 108 valence electrons. The number of para-hydroxylation sites is 1. The number of ether oxygens (including phenoxy) is 1. The van der Waals surface area contributed by atoms with Crippen molar-refractivity contribution in [1.82, 2.24) is 9.55 Å². The van der Waals surface area contributed by atoms with Crippen LogP contribution in [-0.4, -0.2) is 28.1 Å². The van der Waals surface area contributed by atoms with Crippen LogP contribution in [0.25, 0.3) is 11.0 Å². The molecule has 4 heteroatoms. The zero-order chi connectivity index (χ0) is 14.1. The highest BCUT2D eigenvalue weighted by molar-refractivity contribution is 6.17. The van der Waals surface area contributed by atoms with Crippen molar-refractivity contribution in [1.29, 1.82) is 0 Å². The number of benzene rings is 1. The van der Waals surface area contributed by atoms with E-state index in [1.54, 1.807) is 0 Å². The van der Waals surface area contributed by atoms with Crippen LogP contribution < -0.4 is 0 Å². The van der Waals surface area contributed by atoms with Gasteiger partial charge in [-0.15, -0.1) is 11.6 Å². The summed E-state index contributed by atoms with van der Waals surface area (Å²) in [5.41, 5.74) is 3.52. The summed E-state index contributed by atoms with van der Waals surface area (Å²) in [4.78, 5) is 4.82. The van der Waals surface area contributed by atoms with Crippen molar-refractivity contribution in [3.63, 3.8) is 0 Å². The molecule has 0 aliphatic carbocycles. The van der Waals surface area contributed by atoms with Crippen LogP contribution in [0.4, 0.5) is 0 Å². The molecule has 0 radical (unpaired) electrons. The average Bonchev–Trinajstić information content (AvgIpc) is 3.06. The molecule has 2 atom stereocenters. The minimum absolute atomic E-state index is 0.294. The number of nitrogens with zero attached hydrogens (tertiary/aromatic N) is 2. The van der Waals surface area contributed by atoms with Crippen molar-refractivity contribution in [3.8, 4) is 0 Å². The van der Waals surface area contributed by atoms with Crippen LogP contribution in [-0.2, 0) is 11.2 Å². The van der Waals surface area contributed by atoms with E-state index in [0.717, 1.165) is 37.2 Å². The molecular formula is C16H21ClN2O. The van der Waals surface area contributed by atoms with Crippen LogP contribution in [0.1, 0.15) is 37.2 Å². The highest BCUT2D eigenvalue weighted by atomic mass is 35.5. The second kappa shape index (κ2) is 5.74. The molecule has 1 aliphatic heterocycles. The molecule has 0 bridgehead atoms. The van der Waals surface area contributed by atoms with E-state index in [1.807, 2.05) is 0 Å². The van der Waals surface area contributed by atoms with Gasteiger partial charge in [-0.25, -0.2) is 4.98 Å². The summed E-state index contributed by atoms with van der Waals surface area (Å²) in [5.74, 6) is 1.67. The molecular weight excluding hydrogens is 272 g/mol. The molecule has 1 aromatic heterocycles. The van der Waals surface area contributed by atoms with Crippen molar-refractivity contribution < 1.29 is 4.74 Å². The summed E-state index contributed by atoms with van der Waals surface area (Å²) in [6.45, 7) is 5.23. The Morgan fingerprint density at radius 2 is 2.35 bits per heavy atom. The lowest BCUT2D eigenvalue weighted by molar-refractivity contribution is 0.0736. The molecule has 1 aliphatic rings. The first-order valence-electron chi connectivity index (χ1n) is 7.36. The molecule has 3 nitrogen and oxygen atoms in total. The first-order valence-corrected chi connectivity index (χ1v) is 7.90. The second-order valence-electron chi connectivity index (χ2n) is 5.57. The Labute approximate surface area is 124 Å². The van der Waals surface area contributed by atoms with Crippen LogP contribution in [0.3, 0.4) is 0 Å². The zero-order valence-electron chi connectivity index (χ0n) is 12.1. The van der Waals surface area contributed by atoms with Gasteiger partial charge in [0.2, 0.25) is 0 Å². The molecule has 1 fully saturated rings. The van der Waals surface area contributed by atoms with Gasteiger partial charge in [-0.3, -0.25) is 0 Å². The van der Waals surface area contributed by atoms with E-state index in [-0.39, 0.29) is 0 Å². The van der Waals surface area contributed by atoms with Gasteiger partial charge in [0.25, 0.3) is 0 Å². The van der Waals surface area contributed by atoms with E-state index in [2.05, 4.69) is 36.6 Å². The smallest absolute Gasteiger partial charge is 0.111 e. The summed E-state index contributed by atoms with van der Waals surface area (Å²) in [7, 11) is 0. The second-order valence-corrected chi connectivity index (χ2v) is 5.95. The van der Waals surface area contributed by atoms with E-state index in [4.69, 9.17) is 21.3 Å². The van der Waals surface area contributed by atoms with E-state index in [0.29, 0.717) is 18.0 Å². The Bertz CT molecular complexity index is 602. The van der Waals surface area contributed by atoms with Gasteiger partial charge in [0.05, 0.1) is 23.2 Å². The third kappa shape index (κ3) is 2.33. The number of hydrogen-bond acceptors (Lipinski definition) is 2. The maximum atomic E-state index is 5.96. The monoisotopic (exact) mass is 292 g/mol. The fraction of sp³-hybridized carbons (Fsp3) is 0.562. The number of aryl methyl sites for hydroxylation is 2. The maximum absolute atomic E-state index is 5.96. The summed E-state index contributed by atoms with van der Waals surface area (Å²) >= 11 is 5.96. The highest BCUT2D eigenvalue weighted by Crippen LogP contribution is 2.30. The number of rotatable bonds is 4. The summed E-state index contributed by atoms with van der Waals surface area (Å²) in [6.07, 6.45) is 3.38. The normalized spacial score (nSPS) is 20.6. The summed E-state index contributed by atoms with van der Waals surface area (Å²) < 4.78 is 8.20. The van der Waals surface area contributed by atoms with Crippen LogP contribution in [0.15, 0.2) is 18.2 Å². The minimum Gasteiger partial charge on any atom is -0.376 e. The number of fused-ring (bicyclic) bond motifs is 1. The van der Waals surface area contributed by atoms with Gasteiger partial charge in [-0.05, 0) is 38.3 Å². The minimum atomic E-state index is 0.294. The fourth-order valence-corrected chi connectivity index (χ4v) is 3.34. The lowest BCUT2D eigenvalue weighted by Gasteiger charge is -2.23. The quantitative estimate of drug-likeness (QED) is 0.800. The van der Waals surface area contributed by atoms with Crippen LogP contribution >= 0.6 is 11.6 Å². The number of alkyl halides is 1. The van der Waals surface area contributed by atoms with Crippen molar-refractivity contribution >= 4 is 22.6 Å². The van der Waals surface area contributed by atoms with Crippen molar-refractivity contribution in [2.75, 3.05) is 12.5 Å². The zero-order valence-corrected chi connectivity index (χ0v) is 12.9. The van der Waals surface area contributed by atoms with E-state index < -0.39 is 0 Å². The van der Waals surface area contributed by atoms with Gasteiger partial charge in [-0.1, -0.05) is 12.1 Å². The largest absolute Gasteiger partial charge is 0.376 e. The van der Waals surface area contributed by atoms with Crippen LogP contribution in [0, 0.1) is 6.92 Å². The molecule has 2 heterocycles. The standard InChI is InChI=1S/C16H21ClN2O/c1-11-5-3-6-13-16(11)18-15(8-9-17)19(13)12(2)14-7-4-10-20-14/h3,5-6,12,14H,4,7-10H2,1-2H3. The SMILES string of the molecule is Cc1cccc2c1nc(CCCl)n2C(C)C1CCCO1. The molecule has 2 unspecified atom stereocenters. The third-order valence-corrected chi connectivity index (χ3v) is 4.41. The number of hydrogen-bond donors (Lipinski definition) is 0. The van der Waals surface area contributed by atoms with Gasteiger partial charge in [0.15, 0.2) is 0 Å². The molecule has 0 amide bonds. The van der Waals surface area contributed by atoms with E-state index in [9.17, 15) is 0 Å². The first-order chi connectivity index (χ1) is 9.72. The van der Waals surface area contributed by atoms with Gasteiger partial charge < -0.3 is 9.30 Å². The van der Waals surface area contributed by atoms with Gasteiger partial charge in [0.1, 0.15) is 5.82 Å². The lowest BCUT2D eigenvalue weighted by atomic mass is 10.1. The van der Waals surface area contributed by atoms with E-state index in [1.165, 1.54) is 11.1 Å². The predicted molar refractivity (Wildman–Crippen MR) is 82.6 cm³/mol. The Hall–Kier alpha value is -1.06. The molecule has 0 spiro atoms. The van der Waals surface area contributed by atoms with Crippen molar-refractivity contribution in [3.05, 3.63) is 29.6 Å². The van der Waals surface area contributed by atoms with Gasteiger partial charge in [-0.2, -0.15) is 0 Å². The Kier molecular flexibility index (Phi) is 3.99. The molecule has 20 heavy (non-hydrogen) atoms. The number of imidazole rings is 1. The van der Waals surface area contributed by atoms with Crippen molar-refractivity contribution in [2.45, 2.75) is 45.3 Å². The number of aromatic nitrogens is 2. The third-order valence-electron chi connectivity index (χ3n) is 4.22. The molecule has 0 saturated carbocycles. The molecule has 1 aromatic carbocycles. The molecule has 0 N–H and O–H groups in total. The topological polar surface area (TPSA) is 27.1 Å². The summed E-state index contributed by atoms with van der Waals surface area (Å²) in [6, 6.07) is 6.67. The number of halogens is 1. The fourth-order valence-electron chi connectivity index (χ4n) is 3.17. The maximum Gasteiger partial charge on any atom is 0.111 e. The van der Waals surface area contributed by atoms with Gasteiger partial charge >= 0.3 is 0 Å². The van der Waals surface area contributed by atoms with Crippen LogP contribution in [0.5, 0.6) is 0 Å². The Balaban J connectivity index is 2.10. The average molecular weight is 293 g/mol. The lowest BCUT2D eigenvalue weighted by Crippen LogP contribution is -2.22. The van der Waals surface area contributed by atoms with Crippen molar-refractivity contribution in [2.24, 2.45) is 0 Å². The Morgan fingerprint density at radius 3 is 3.05 bits per heavy atom. The van der Waals surface area contributed by atoms with E-state index >= 15 is 0 Å². The summed E-state index contributed by atoms with van der Waals surface area (Å²) in [5, 5.41) is 0. The predicted octanol–water partition coefficient (Wildman–Crippen LogP) is 3.87. The van der Waals surface area contributed by atoms with Crippen LogP contribution in [0.2, 0.25) is 0 Å². The molecule has 3 rings (SSSR count). The molecule has 2 aromatic rings. The first kappa shape index (κ1) is 13.9.